The van der Waals surface area contributed by atoms with Gasteiger partial charge in [-0.15, -0.1) is 12.4 Å². The molecule has 0 bridgehead atoms. The van der Waals surface area contributed by atoms with Crippen molar-refractivity contribution in [1.29, 1.82) is 0 Å². The molecule has 1 heterocycles. The Morgan fingerprint density at radius 3 is 2.70 bits per heavy atom. The average molecular weight is 340 g/mol. The molecule has 2 rings (SSSR count). The molecule has 5 nitrogen and oxygen atoms in total. The summed E-state index contributed by atoms with van der Waals surface area (Å²) in [5.74, 6) is 0.455. The Balaban J connectivity index is 0.00000264. The normalized spacial score (nSPS) is 20.2. The lowest BCUT2D eigenvalue weighted by Gasteiger charge is -2.30. The van der Waals surface area contributed by atoms with Crippen LogP contribution < -0.4 is 16.0 Å². The predicted molar refractivity (Wildman–Crippen MR) is 93.8 cm³/mol. The molecular formula is C17H26ClN3O2. The Bertz CT molecular complexity index is 496. The van der Waals surface area contributed by atoms with Crippen molar-refractivity contribution in [3.8, 4) is 0 Å². The first kappa shape index (κ1) is 19.5. The third-order valence-electron chi connectivity index (χ3n) is 4.03. The number of carbonyl (C=O) groups is 2. The minimum absolute atomic E-state index is 0. The second kappa shape index (κ2) is 10.2. The van der Waals surface area contributed by atoms with Gasteiger partial charge in [0.25, 0.3) is 5.91 Å². The highest BCUT2D eigenvalue weighted by molar-refractivity contribution is 5.94. The van der Waals surface area contributed by atoms with Crippen LogP contribution in [0.15, 0.2) is 30.3 Å². The van der Waals surface area contributed by atoms with Gasteiger partial charge in [-0.05, 0) is 44.0 Å². The van der Waals surface area contributed by atoms with E-state index in [0.717, 1.165) is 19.5 Å². The molecule has 2 amide bonds. The van der Waals surface area contributed by atoms with Gasteiger partial charge in [-0.25, -0.2) is 0 Å². The lowest BCUT2D eigenvalue weighted by molar-refractivity contribution is -0.122. The van der Waals surface area contributed by atoms with Gasteiger partial charge in [-0.3, -0.25) is 9.59 Å². The van der Waals surface area contributed by atoms with Crippen LogP contribution in [0.3, 0.4) is 0 Å². The van der Waals surface area contributed by atoms with E-state index in [1.165, 1.54) is 0 Å². The van der Waals surface area contributed by atoms with E-state index in [1.807, 2.05) is 18.2 Å². The van der Waals surface area contributed by atoms with Gasteiger partial charge in [0, 0.05) is 24.6 Å². The van der Waals surface area contributed by atoms with Gasteiger partial charge in [-0.2, -0.15) is 0 Å². The summed E-state index contributed by atoms with van der Waals surface area (Å²) in [6.45, 7) is 4.58. The first-order valence-corrected chi connectivity index (χ1v) is 8.00. The van der Waals surface area contributed by atoms with Gasteiger partial charge >= 0.3 is 0 Å². The number of nitrogens with one attached hydrogen (secondary N) is 3. The molecule has 3 N–H and O–H groups in total. The Hall–Kier alpha value is -1.59. The van der Waals surface area contributed by atoms with E-state index in [0.29, 0.717) is 30.9 Å². The van der Waals surface area contributed by atoms with Crippen LogP contribution in [0, 0.1) is 5.92 Å². The zero-order chi connectivity index (χ0) is 15.8. The van der Waals surface area contributed by atoms with Crippen molar-refractivity contribution in [3.63, 3.8) is 0 Å². The fourth-order valence-corrected chi connectivity index (χ4v) is 2.65. The molecule has 1 aromatic carbocycles. The highest BCUT2D eigenvalue weighted by Crippen LogP contribution is 2.10. The predicted octanol–water partition coefficient (Wildman–Crippen LogP) is 1.73. The number of carbonyl (C=O) groups excluding carboxylic acids is 2. The van der Waals surface area contributed by atoms with Crippen LogP contribution in [-0.2, 0) is 4.79 Å². The molecular weight excluding hydrogens is 314 g/mol. The molecule has 0 saturated carbocycles. The summed E-state index contributed by atoms with van der Waals surface area (Å²) >= 11 is 0. The second-order valence-electron chi connectivity index (χ2n) is 5.87. The van der Waals surface area contributed by atoms with Crippen LogP contribution >= 0.6 is 12.4 Å². The molecule has 2 atom stereocenters. The third kappa shape index (κ3) is 6.59. The maximum absolute atomic E-state index is 11.9. The average Bonchev–Trinajstić information content (AvgIpc) is 2.54. The Morgan fingerprint density at radius 1 is 1.26 bits per heavy atom. The van der Waals surface area contributed by atoms with E-state index in [2.05, 4.69) is 22.9 Å². The van der Waals surface area contributed by atoms with Crippen LogP contribution in [0.1, 0.15) is 36.5 Å². The van der Waals surface area contributed by atoms with Crippen molar-refractivity contribution in [2.45, 2.75) is 32.2 Å². The van der Waals surface area contributed by atoms with Crippen molar-refractivity contribution >= 4 is 24.2 Å². The number of hydrogen-bond donors (Lipinski definition) is 3. The van der Waals surface area contributed by atoms with Crippen molar-refractivity contribution in [2.24, 2.45) is 5.92 Å². The summed E-state index contributed by atoms with van der Waals surface area (Å²) < 4.78 is 0. The third-order valence-corrected chi connectivity index (χ3v) is 4.03. The first-order valence-electron chi connectivity index (χ1n) is 8.00. The summed E-state index contributed by atoms with van der Waals surface area (Å²) in [6, 6.07) is 9.38. The molecule has 0 aliphatic carbocycles. The van der Waals surface area contributed by atoms with Gasteiger partial charge in [0.2, 0.25) is 5.91 Å². The number of hydrogen-bond acceptors (Lipinski definition) is 3. The molecule has 0 aromatic heterocycles. The minimum atomic E-state index is -0.0898. The molecule has 1 saturated heterocycles. The monoisotopic (exact) mass is 339 g/mol. The second-order valence-corrected chi connectivity index (χ2v) is 5.87. The highest BCUT2D eigenvalue weighted by atomic mass is 35.5. The standard InChI is InChI=1S/C17H25N3O2.ClH/c1-13-12-18-11-9-15(13)20-16(21)8-5-10-19-17(22)14-6-3-2-4-7-14;/h2-4,6-7,13,15,18H,5,8-12H2,1H3,(H,19,22)(H,20,21);1H. The molecule has 128 valence electrons. The van der Waals surface area contributed by atoms with Crippen LogP contribution in [0.5, 0.6) is 0 Å². The first-order chi connectivity index (χ1) is 10.7. The molecule has 1 aliphatic heterocycles. The topological polar surface area (TPSA) is 70.2 Å². The number of halogens is 1. The Morgan fingerprint density at radius 2 is 2.00 bits per heavy atom. The molecule has 0 radical (unpaired) electrons. The van der Waals surface area contributed by atoms with E-state index in [-0.39, 0.29) is 30.3 Å². The van der Waals surface area contributed by atoms with Gasteiger partial charge in [-0.1, -0.05) is 25.1 Å². The van der Waals surface area contributed by atoms with Crippen molar-refractivity contribution < 1.29 is 9.59 Å². The van der Waals surface area contributed by atoms with Gasteiger partial charge < -0.3 is 16.0 Å². The van der Waals surface area contributed by atoms with Gasteiger partial charge in [0.05, 0.1) is 0 Å². The fourth-order valence-electron chi connectivity index (χ4n) is 2.65. The summed E-state index contributed by atoms with van der Waals surface area (Å²) in [5, 5.41) is 9.25. The van der Waals surface area contributed by atoms with Crippen molar-refractivity contribution in [3.05, 3.63) is 35.9 Å². The largest absolute Gasteiger partial charge is 0.353 e. The Labute approximate surface area is 144 Å². The number of rotatable bonds is 6. The minimum Gasteiger partial charge on any atom is -0.353 e. The van der Waals surface area contributed by atoms with Crippen molar-refractivity contribution in [2.75, 3.05) is 19.6 Å². The molecule has 1 aromatic rings. The van der Waals surface area contributed by atoms with Crippen LogP contribution in [0.4, 0.5) is 0 Å². The van der Waals surface area contributed by atoms with E-state index in [9.17, 15) is 9.59 Å². The van der Waals surface area contributed by atoms with Crippen LogP contribution in [0.25, 0.3) is 0 Å². The zero-order valence-corrected chi connectivity index (χ0v) is 14.3. The lowest BCUT2D eigenvalue weighted by atomic mass is 9.95. The van der Waals surface area contributed by atoms with Crippen LogP contribution in [-0.4, -0.2) is 37.5 Å². The quantitative estimate of drug-likeness (QED) is 0.691. The van der Waals surface area contributed by atoms with Crippen molar-refractivity contribution in [1.82, 2.24) is 16.0 Å². The van der Waals surface area contributed by atoms with Gasteiger partial charge in [0.15, 0.2) is 0 Å². The van der Waals surface area contributed by atoms with E-state index >= 15 is 0 Å². The lowest BCUT2D eigenvalue weighted by Crippen LogP contribution is -2.48. The van der Waals surface area contributed by atoms with E-state index in [1.54, 1.807) is 12.1 Å². The maximum Gasteiger partial charge on any atom is 0.251 e. The fraction of sp³-hybridized carbons (Fsp3) is 0.529. The summed E-state index contributed by atoms with van der Waals surface area (Å²) in [7, 11) is 0. The van der Waals surface area contributed by atoms with E-state index in [4.69, 9.17) is 0 Å². The van der Waals surface area contributed by atoms with Gasteiger partial charge in [0.1, 0.15) is 0 Å². The molecule has 1 aliphatic rings. The SMILES string of the molecule is CC1CNCCC1NC(=O)CCCNC(=O)c1ccccc1.Cl. The summed E-state index contributed by atoms with van der Waals surface area (Å²) in [4.78, 5) is 23.8. The molecule has 1 fully saturated rings. The zero-order valence-electron chi connectivity index (χ0n) is 13.5. The molecule has 23 heavy (non-hydrogen) atoms. The smallest absolute Gasteiger partial charge is 0.251 e. The van der Waals surface area contributed by atoms with E-state index < -0.39 is 0 Å². The number of piperidine rings is 1. The van der Waals surface area contributed by atoms with Crippen LogP contribution in [0.2, 0.25) is 0 Å². The molecule has 2 unspecified atom stereocenters. The number of benzene rings is 1. The Kier molecular flexibility index (Phi) is 8.66. The maximum atomic E-state index is 11.9. The summed E-state index contributed by atoms with van der Waals surface area (Å²) in [6.07, 6.45) is 2.09. The highest BCUT2D eigenvalue weighted by Gasteiger charge is 2.22. The number of amides is 2. The molecule has 6 heteroatoms. The summed E-state index contributed by atoms with van der Waals surface area (Å²) in [5.41, 5.74) is 0.649. The molecule has 0 spiro atoms.